The van der Waals surface area contributed by atoms with Gasteiger partial charge in [-0.2, -0.15) is 0 Å². The van der Waals surface area contributed by atoms with E-state index in [9.17, 15) is 0 Å². The summed E-state index contributed by atoms with van der Waals surface area (Å²) in [5, 5.41) is 9.61. The zero-order chi connectivity index (χ0) is 37.0. The van der Waals surface area contributed by atoms with Crippen molar-refractivity contribution in [2.24, 2.45) is 0 Å². The summed E-state index contributed by atoms with van der Waals surface area (Å²) in [6, 6.07) is 72.5. The van der Waals surface area contributed by atoms with E-state index in [-0.39, 0.29) is 0 Å². The van der Waals surface area contributed by atoms with Crippen LogP contribution < -0.4 is 19.3 Å². The van der Waals surface area contributed by atoms with Gasteiger partial charge in [0.1, 0.15) is 0 Å². The Morgan fingerprint density at radius 1 is 0.250 bits per heavy atom. The van der Waals surface area contributed by atoms with Crippen molar-refractivity contribution >= 4 is 77.2 Å². The van der Waals surface area contributed by atoms with E-state index in [1.54, 1.807) is 0 Å². The van der Waals surface area contributed by atoms with Gasteiger partial charge in [-0.05, 0) is 93.0 Å². The highest BCUT2D eigenvalue weighted by molar-refractivity contribution is 6.15. The average Bonchev–Trinajstić information content (AvgIpc) is 3.26. The second-order valence-corrected chi connectivity index (χ2v) is 14.1. The Morgan fingerprint density at radius 2 is 0.607 bits per heavy atom. The van der Waals surface area contributed by atoms with Crippen LogP contribution in [-0.4, -0.2) is 0 Å². The van der Waals surface area contributed by atoms with E-state index < -0.39 is 0 Å². The molecule has 0 aromatic heterocycles. The maximum absolute atomic E-state index is 6.70. The first kappa shape index (κ1) is 31.9. The Hall–Kier alpha value is -7.56. The Kier molecular flexibility index (Phi) is 7.46. The van der Waals surface area contributed by atoms with Crippen molar-refractivity contribution < 1.29 is 9.47 Å². The van der Waals surface area contributed by atoms with Crippen LogP contribution in [0.2, 0.25) is 0 Å². The van der Waals surface area contributed by atoms with Crippen molar-refractivity contribution in [1.29, 1.82) is 0 Å². The summed E-state index contributed by atoms with van der Waals surface area (Å²) in [5.41, 5.74) is 6.23. The van der Waals surface area contributed by atoms with Gasteiger partial charge >= 0.3 is 0 Å². The molecule has 4 nitrogen and oxygen atoms in total. The van der Waals surface area contributed by atoms with Crippen LogP contribution in [0.3, 0.4) is 0 Å². The normalized spacial score (nSPS) is 11.9. The zero-order valence-corrected chi connectivity index (χ0v) is 30.3. The van der Waals surface area contributed by atoms with Crippen LogP contribution in [-0.2, 0) is 0 Å². The lowest BCUT2D eigenvalue weighted by Gasteiger charge is -2.30. The molecule has 56 heavy (non-hydrogen) atoms. The highest BCUT2D eigenvalue weighted by atomic mass is 16.6. The smallest absolute Gasteiger partial charge is 0.172 e. The van der Waals surface area contributed by atoms with Gasteiger partial charge in [-0.15, -0.1) is 0 Å². The van der Waals surface area contributed by atoms with Crippen LogP contribution in [0.5, 0.6) is 23.0 Å². The zero-order valence-electron chi connectivity index (χ0n) is 30.3. The fraction of sp³-hybridized carbons (Fsp3) is 0. The summed E-state index contributed by atoms with van der Waals surface area (Å²) in [5.74, 6) is 2.65. The van der Waals surface area contributed by atoms with Crippen LogP contribution in [0.15, 0.2) is 206 Å². The van der Waals surface area contributed by atoms with E-state index in [0.29, 0.717) is 23.0 Å². The number of ether oxygens (including phenoxy) is 2. The van der Waals surface area contributed by atoms with Crippen LogP contribution in [0, 0.1) is 0 Å². The van der Waals surface area contributed by atoms with Gasteiger partial charge in [-0.25, -0.2) is 0 Å². The van der Waals surface area contributed by atoms with Crippen molar-refractivity contribution in [2.45, 2.75) is 0 Å². The Labute approximate surface area is 324 Å². The molecule has 264 valence electrons. The summed E-state index contributed by atoms with van der Waals surface area (Å²) < 4.78 is 13.4. The molecule has 0 bridgehead atoms. The SMILES string of the molecule is c1ccc(N(c2ccc3c(c2)Oc2ccc(N(c4ccccc4)c4cc5ccccc5c5ccccc45)cc2O3)c2cc3ccccc3c3ccccc23)cc1. The standard InChI is InChI=1S/C52H34N2O2/c1-3-17-37(18-4-1)53(47-31-35-15-7-9-21-41(35)43-23-11-13-25-45(43)47)39-27-29-49-51(33-39)55-50-30-28-40(34-52(50)56-49)54(38-19-5-2-6-20-38)48-32-36-16-8-10-22-42(36)44-24-12-14-26-46(44)48/h1-34H. The Bertz CT molecular complexity index is 2890. The van der Waals surface area contributed by atoms with Crippen LogP contribution in [0.4, 0.5) is 34.1 Å². The second kappa shape index (κ2) is 13.1. The van der Waals surface area contributed by atoms with E-state index in [0.717, 1.165) is 34.1 Å². The minimum atomic E-state index is 0.661. The number of anilines is 6. The van der Waals surface area contributed by atoms with Crippen molar-refractivity contribution in [1.82, 2.24) is 0 Å². The molecule has 0 N–H and O–H groups in total. The van der Waals surface area contributed by atoms with Gasteiger partial charge < -0.3 is 19.3 Å². The predicted octanol–water partition coefficient (Wildman–Crippen LogP) is 15.1. The summed E-state index contributed by atoms with van der Waals surface area (Å²) in [4.78, 5) is 4.62. The highest BCUT2D eigenvalue weighted by Gasteiger charge is 2.25. The molecule has 0 amide bonds. The molecule has 0 saturated heterocycles. The number of nitrogens with zero attached hydrogens (tertiary/aromatic N) is 2. The molecule has 1 heterocycles. The first-order chi connectivity index (χ1) is 27.8. The number of fused-ring (bicyclic) bond motifs is 8. The Morgan fingerprint density at radius 3 is 1.04 bits per heavy atom. The fourth-order valence-electron chi connectivity index (χ4n) is 8.28. The number of hydrogen-bond acceptors (Lipinski definition) is 4. The van der Waals surface area contributed by atoms with Gasteiger partial charge in [0.25, 0.3) is 0 Å². The van der Waals surface area contributed by atoms with Gasteiger partial charge in [0.15, 0.2) is 23.0 Å². The molecule has 0 atom stereocenters. The quantitative estimate of drug-likeness (QED) is 0.160. The molecule has 0 aliphatic carbocycles. The molecule has 10 aromatic rings. The van der Waals surface area contributed by atoms with Crippen molar-refractivity contribution in [3.8, 4) is 23.0 Å². The monoisotopic (exact) mass is 718 g/mol. The molecular weight excluding hydrogens is 685 g/mol. The maximum atomic E-state index is 6.70. The molecule has 1 aliphatic heterocycles. The van der Waals surface area contributed by atoms with Crippen LogP contribution in [0.1, 0.15) is 0 Å². The molecular formula is C52H34N2O2. The molecule has 4 heteroatoms. The summed E-state index contributed by atoms with van der Waals surface area (Å²) >= 11 is 0. The highest BCUT2D eigenvalue weighted by Crippen LogP contribution is 2.51. The third-order valence-corrected chi connectivity index (χ3v) is 10.8. The molecule has 10 aromatic carbocycles. The first-order valence-electron chi connectivity index (χ1n) is 18.9. The average molecular weight is 719 g/mol. The molecule has 0 radical (unpaired) electrons. The van der Waals surface area contributed by atoms with E-state index >= 15 is 0 Å². The van der Waals surface area contributed by atoms with Gasteiger partial charge in [0.05, 0.1) is 22.7 Å². The molecule has 0 spiro atoms. The Balaban J connectivity index is 1.01. The van der Waals surface area contributed by atoms with Crippen LogP contribution >= 0.6 is 0 Å². The number of hydrogen-bond donors (Lipinski definition) is 0. The number of benzene rings is 10. The van der Waals surface area contributed by atoms with Crippen molar-refractivity contribution in [2.75, 3.05) is 9.80 Å². The lowest BCUT2D eigenvalue weighted by atomic mass is 9.99. The van der Waals surface area contributed by atoms with E-state index in [1.165, 1.54) is 43.1 Å². The third kappa shape index (κ3) is 5.31. The lowest BCUT2D eigenvalue weighted by Crippen LogP contribution is -2.12. The fourth-order valence-corrected chi connectivity index (χ4v) is 8.28. The van der Waals surface area contributed by atoms with Gasteiger partial charge in [-0.1, -0.05) is 133 Å². The van der Waals surface area contributed by atoms with Gasteiger partial charge in [0.2, 0.25) is 0 Å². The largest absolute Gasteiger partial charge is 0.449 e. The van der Waals surface area contributed by atoms with Crippen molar-refractivity contribution in [3.63, 3.8) is 0 Å². The van der Waals surface area contributed by atoms with Crippen LogP contribution in [0.25, 0.3) is 43.1 Å². The molecule has 1 aliphatic rings. The molecule has 0 unspecified atom stereocenters. The molecule has 0 saturated carbocycles. The number of para-hydroxylation sites is 2. The first-order valence-corrected chi connectivity index (χ1v) is 18.9. The van der Waals surface area contributed by atoms with Gasteiger partial charge in [0, 0.05) is 34.3 Å². The molecule has 11 rings (SSSR count). The minimum Gasteiger partial charge on any atom is -0.449 e. The third-order valence-electron chi connectivity index (χ3n) is 10.8. The van der Waals surface area contributed by atoms with Crippen molar-refractivity contribution in [3.05, 3.63) is 206 Å². The topological polar surface area (TPSA) is 24.9 Å². The van der Waals surface area contributed by atoms with E-state index in [1.807, 2.05) is 12.1 Å². The predicted molar refractivity (Wildman–Crippen MR) is 232 cm³/mol. The summed E-state index contributed by atoms with van der Waals surface area (Å²) in [7, 11) is 0. The summed E-state index contributed by atoms with van der Waals surface area (Å²) in [6.45, 7) is 0. The number of rotatable bonds is 6. The molecule has 0 fully saturated rings. The van der Waals surface area contributed by atoms with E-state index in [4.69, 9.17) is 9.47 Å². The maximum Gasteiger partial charge on any atom is 0.172 e. The van der Waals surface area contributed by atoms with E-state index in [2.05, 4.69) is 204 Å². The van der Waals surface area contributed by atoms with Gasteiger partial charge in [-0.3, -0.25) is 0 Å². The summed E-state index contributed by atoms with van der Waals surface area (Å²) in [6.07, 6.45) is 0. The minimum absolute atomic E-state index is 0.661. The second-order valence-electron chi connectivity index (χ2n) is 14.1. The lowest BCUT2D eigenvalue weighted by molar-refractivity contribution is 0.360.